The molecule has 5 nitrogen and oxygen atoms in total. The molecule has 0 bridgehead atoms. The fraction of sp³-hybridized carbons (Fsp3) is 0.235. The number of carbonyl (C=O) groups is 1. The number of hydrogen-bond donors (Lipinski definition) is 1. The second kappa shape index (κ2) is 8.63. The summed E-state index contributed by atoms with van der Waals surface area (Å²) in [7, 11) is 1.56. The summed E-state index contributed by atoms with van der Waals surface area (Å²) in [5, 5.41) is 2.63. The highest BCUT2D eigenvalue weighted by atomic mass is 19.1. The maximum Gasteiger partial charge on any atom is 0.258 e. The second-order valence-electron chi connectivity index (χ2n) is 4.57. The summed E-state index contributed by atoms with van der Waals surface area (Å²) in [6, 6.07) is 13.2. The quantitative estimate of drug-likeness (QED) is 0.759. The van der Waals surface area contributed by atoms with Crippen LogP contribution in [0.3, 0.4) is 0 Å². The molecular weight excluding hydrogens is 301 g/mol. The molecule has 0 spiro atoms. The number of ether oxygens (including phenoxy) is 3. The zero-order chi connectivity index (χ0) is 16.5. The number of para-hydroxylation sites is 3. The van der Waals surface area contributed by atoms with E-state index in [9.17, 15) is 9.18 Å². The lowest BCUT2D eigenvalue weighted by Crippen LogP contribution is -2.32. The van der Waals surface area contributed by atoms with E-state index in [1.165, 1.54) is 12.1 Å². The van der Waals surface area contributed by atoms with Gasteiger partial charge in [-0.1, -0.05) is 24.3 Å². The number of carbonyl (C=O) groups excluding carboxylic acids is 1. The van der Waals surface area contributed by atoms with E-state index in [-0.39, 0.29) is 24.9 Å². The molecule has 122 valence electrons. The molecule has 0 aromatic heterocycles. The van der Waals surface area contributed by atoms with Crippen LogP contribution in [0.25, 0.3) is 0 Å². The summed E-state index contributed by atoms with van der Waals surface area (Å²) in [5.74, 6) is 0.429. The number of hydrogen-bond acceptors (Lipinski definition) is 4. The molecule has 0 saturated carbocycles. The lowest BCUT2D eigenvalue weighted by molar-refractivity contribution is -0.123. The highest BCUT2D eigenvalue weighted by Gasteiger charge is 2.06. The summed E-state index contributed by atoms with van der Waals surface area (Å²) in [5.41, 5.74) is 0. The SMILES string of the molecule is COc1ccccc1OCCNC(=O)COc1ccccc1F. The van der Waals surface area contributed by atoms with Gasteiger partial charge in [-0.3, -0.25) is 4.79 Å². The largest absolute Gasteiger partial charge is 0.493 e. The van der Waals surface area contributed by atoms with Crippen LogP contribution >= 0.6 is 0 Å². The van der Waals surface area contributed by atoms with Gasteiger partial charge < -0.3 is 19.5 Å². The van der Waals surface area contributed by atoms with Crippen molar-refractivity contribution in [3.8, 4) is 17.2 Å². The van der Waals surface area contributed by atoms with E-state index in [1.54, 1.807) is 31.4 Å². The molecule has 0 aliphatic rings. The van der Waals surface area contributed by atoms with Crippen molar-refractivity contribution in [2.45, 2.75) is 0 Å². The summed E-state index contributed by atoms with van der Waals surface area (Å²) >= 11 is 0. The van der Waals surface area contributed by atoms with Crippen LogP contribution < -0.4 is 19.5 Å². The molecule has 0 unspecified atom stereocenters. The Balaban J connectivity index is 1.68. The van der Waals surface area contributed by atoms with E-state index < -0.39 is 5.82 Å². The first-order valence-corrected chi connectivity index (χ1v) is 7.10. The van der Waals surface area contributed by atoms with Crippen LogP contribution in [-0.2, 0) is 4.79 Å². The Morgan fingerprint density at radius 1 is 1.00 bits per heavy atom. The molecule has 1 amide bonds. The summed E-state index contributed by atoms with van der Waals surface area (Å²) < 4.78 is 29.1. The van der Waals surface area contributed by atoms with Crippen molar-refractivity contribution in [3.05, 3.63) is 54.3 Å². The lowest BCUT2D eigenvalue weighted by Gasteiger charge is -2.11. The van der Waals surface area contributed by atoms with Crippen LogP contribution in [0.1, 0.15) is 0 Å². The van der Waals surface area contributed by atoms with Gasteiger partial charge in [0.2, 0.25) is 0 Å². The van der Waals surface area contributed by atoms with Crippen LogP contribution in [0.5, 0.6) is 17.2 Å². The topological polar surface area (TPSA) is 56.8 Å². The Morgan fingerprint density at radius 3 is 2.35 bits per heavy atom. The van der Waals surface area contributed by atoms with Gasteiger partial charge >= 0.3 is 0 Å². The zero-order valence-electron chi connectivity index (χ0n) is 12.8. The monoisotopic (exact) mass is 319 g/mol. The van der Waals surface area contributed by atoms with Crippen molar-refractivity contribution < 1.29 is 23.4 Å². The number of benzene rings is 2. The Morgan fingerprint density at radius 2 is 1.65 bits per heavy atom. The van der Waals surface area contributed by atoms with Gasteiger partial charge in [-0.05, 0) is 24.3 Å². The van der Waals surface area contributed by atoms with Crippen LogP contribution in [0.4, 0.5) is 4.39 Å². The molecule has 1 N–H and O–H groups in total. The Hall–Kier alpha value is -2.76. The maximum atomic E-state index is 13.3. The molecule has 2 rings (SSSR count). The van der Waals surface area contributed by atoms with Crippen molar-refractivity contribution in [2.75, 3.05) is 26.9 Å². The van der Waals surface area contributed by atoms with Gasteiger partial charge in [-0.15, -0.1) is 0 Å². The molecule has 0 fully saturated rings. The third kappa shape index (κ3) is 5.18. The van der Waals surface area contributed by atoms with Gasteiger partial charge in [0.25, 0.3) is 5.91 Å². The van der Waals surface area contributed by atoms with Crippen molar-refractivity contribution in [1.82, 2.24) is 5.32 Å². The van der Waals surface area contributed by atoms with Gasteiger partial charge in [0.05, 0.1) is 13.7 Å². The van der Waals surface area contributed by atoms with Crippen molar-refractivity contribution in [2.24, 2.45) is 0 Å². The van der Waals surface area contributed by atoms with Crippen LogP contribution in [0, 0.1) is 5.82 Å². The minimum absolute atomic E-state index is 0.0490. The molecule has 2 aromatic rings. The molecule has 0 atom stereocenters. The van der Waals surface area contributed by atoms with Gasteiger partial charge in [0.15, 0.2) is 29.7 Å². The standard InChI is InChI=1S/C17H18FNO4/c1-21-15-8-4-5-9-16(15)22-11-10-19-17(20)12-23-14-7-3-2-6-13(14)18/h2-9H,10-12H2,1H3,(H,19,20). The van der Waals surface area contributed by atoms with Crippen LogP contribution in [-0.4, -0.2) is 32.8 Å². The van der Waals surface area contributed by atoms with Crippen LogP contribution in [0.2, 0.25) is 0 Å². The van der Waals surface area contributed by atoms with Gasteiger partial charge in [-0.2, -0.15) is 0 Å². The van der Waals surface area contributed by atoms with Gasteiger partial charge in [0, 0.05) is 0 Å². The minimum Gasteiger partial charge on any atom is -0.493 e. The highest BCUT2D eigenvalue weighted by molar-refractivity contribution is 5.77. The predicted molar refractivity (Wildman–Crippen MR) is 83.4 cm³/mol. The zero-order valence-corrected chi connectivity index (χ0v) is 12.8. The molecule has 0 heterocycles. The third-order valence-electron chi connectivity index (χ3n) is 2.95. The number of amides is 1. The predicted octanol–water partition coefficient (Wildman–Crippen LogP) is 2.41. The molecule has 2 aromatic carbocycles. The van der Waals surface area contributed by atoms with Crippen LogP contribution in [0.15, 0.2) is 48.5 Å². The fourth-order valence-electron chi connectivity index (χ4n) is 1.85. The first-order valence-electron chi connectivity index (χ1n) is 7.10. The Labute approximate surface area is 134 Å². The Bertz CT molecular complexity index is 648. The highest BCUT2D eigenvalue weighted by Crippen LogP contribution is 2.25. The maximum absolute atomic E-state index is 13.3. The average Bonchev–Trinajstić information content (AvgIpc) is 2.58. The van der Waals surface area contributed by atoms with Gasteiger partial charge in [0.1, 0.15) is 6.61 Å². The van der Waals surface area contributed by atoms with E-state index in [0.717, 1.165) is 0 Å². The van der Waals surface area contributed by atoms with E-state index in [0.29, 0.717) is 18.0 Å². The molecule has 0 aliphatic carbocycles. The van der Waals surface area contributed by atoms with E-state index in [2.05, 4.69) is 5.32 Å². The van der Waals surface area contributed by atoms with Gasteiger partial charge in [-0.25, -0.2) is 4.39 Å². The number of halogens is 1. The molecule has 23 heavy (non-hydrogen) atoms. The lowest BCUT2D eigenvalue weighted by atomic mass is 10.3. The molecule has 0 aliphatic heterocycles. The normalized spacial score (nSPS) is 10.0. The molecular formula is C17H18FNO4. The van der Waals surface area contributed by atoms with E-state index in [4.69, 9.17) is 14.2 Å². The Kier molecular flexibility index (Phi) is 6.23. The molecule has 0 saturated heterocycles. The van der Waals surface area contributed by atoms with Crippen molar-refractivity contribution >= 4 is 5.91 Å². The first-order chi connectivity index (χ1) is 11.2. The second-order valence-corrected chi connectivity index (χ2v) is 4.57. The summed E-state index contributed by atoms with van der Waals surface area (Å²) in [6.07, 6.45) is 0. The average molecular weight is 319 g/mol. The van der Waals surface area contributed by atoms with E-state index in [1.807, 2.05) is 12.1 Å². The number of rotatable bonds is 8. The smallest absolute Gasteiger partial charge is 0.258 e. The number of methoxy groups -OCH3 is 1. The van der Waals surface area contributed by atoms with Crippen molar-refractivity contribution in [3.63, 3.8) is 0 Å². The minimum atomic E-state index is -0.500. The van der Waals surface area contributed by atoms with Crippen molar-refractivity contribution in [1.29, 1.82) is 0 Å². The molecule has 0 radical (unpaired) electrons. The summed E-state index contributed by atoms with van der Waals surface area (Å²) in [4.78, 5) is 11.6. The number of nitrogens with one attached hydrogen (secondary N) is 1. The first kappa shape index (κ1) is 16.6. The van der Waals surface area contributed by atoms with E-state index >= 15 is 0 Å². The third-order valence-corrected chi connectivity index (χ3v) is 2.95. The summed E-state index contributed by atoms with van der Waals surface area (Å²) in [6.45, 7) is 0.332. The molecule has 6 heteroatoms. The fourth-order valence-corrected chi connectivity index (χ4v) is 1.85.